The third kappa shape index (κ3) is 1.74. The summed E-state index contributed by atoms with van der Waals surface area (Å²) in [5.41, 5.74) is 3.25. The lowest BCUT2D eigenvalue weighted by Crippen LogP contribution is -2.02. The lowest BCUT2D eigenvalue weighted by molar-refractivity contribution is 0.551. The van der Waals surface area contributed by atoms with E-state index < -0.39 is 0 Å². The molecule has 0 radical (unpaired) electrons. The van der Waals surface area contributed by atoms with Gasteiger partial charge in [-0.2, -0.15) is 5.10 Å². The van der Waals surface area contributed by atoms with E-state index in [2.05, 4.69) is 49.9 Å². The summed E-state index contributed by atoms with van der Waals surface area (Å²) < 4.78 is 2.01. The Hall–Kier alpha value is -1.38. The first-order valence-corrected chi connectivity index (χ1v) is 5.43. The summed E-state index contributed by atoms with van der Waals surface area (Å²) in [5.74, 6) is 0.469. The quantitative estimate of drug-likeness (QED) is 0.750. The molecule has 0 atom stereocenters. The van der Waals surface area contributed by atoms with Crippen LogP contribution < -0.4 is 0 Å². The van der Waals surface area contributed by atoms with E-state index in [0.717, 1.165) is 16.7 Å². The maximum Gasteiger partial charge on any atom is 0.109 e. The van der Waals surface area contributed by atoms with Gasteiger partial charge in [0.1, 0.15) is 5.52 Å². The van der Waals surface area contributed by atoms with Gasteiger partial charge < -0.3 is 0 Å². The van der Waals surface area contributed by atoms with E-state index >= 15 is 0 Å². The molecule has 2 aromatic rings. The first-order valence-electron chi connectivity index (χ1n) is 5.43. The van der Waals surface area contributed by atoms with Crippen LogP contribution in [0.4, 0.5) is 0 Å². The molecular weight excluding hydrogens is 186 g/mol. The Morgan fingerprint density at radius 1 is 1.13 bits per heavy atom. The van der Waals surface area contributed by atoms with Gasteiger partial charge in [0.15, 0.2) is 0 Å². The Bertz CT molecular complexity index is 469. The van der Waals surface area contributed by atoms with Crippen molar-refractivity contribution in [2.75, 3.05) is 0 Å². The predicted octanol–water partition coefficient (Wildman–Crippen LogP) is 3.14. The van der Waals surface area contributed by atoms with E-state index in [0.29, 0.717) is 12.0 Å². The minimum absolute atomic E-state index is 0.384. The highest BCUT2D eigenvalue weighted by atomic mass is 15.3. The molecule has 0 amide bonds. The van der Waals surface area contributed by atoms with Gasteiger partial charge in [-0.15, -0.1) is 0 Å². The van der Waals surface area contributed by atoms with Crippen LogP contribution >= 0.6 is 0 Å². The summed E-state index contributed by atoms with van der Waals surface area (Å²) in [6.07, 6.45) is 1.85. The fourth-order valence-corrected chi connectivity index (χ4v) is 1.68. The molecule has 0 bridgehead atoms. The third-order valence-corrected chi connectivity index (χ3v) is 2.56. The summed E-state index contributed by atoms with van der Waals surface area (Å²) in [5, 5.41) is 4.35. The molecule has 0 aliphatic heterocycles. The van der Waals surface area contributed by atoms with Crippen molar-refractivity contribution in [3.05, 3.63) is 24.0 Å². The molecule has 0 saturated heterocycles. The van der Waals surface area contributed by atoms with E-state index in [1.165, 1.54) is 0 Å². The minimum Gasteiger partial charge on any atom is -0.261 e. The normalized spacial score (nSPS) is 11.9. The third-order valence-electron chi connectivity index (χ3n) is 2.56. The second kappa shape index (κ2) is 3.65. The second-order valence-electron chi connectivity index (χ2n) is 4.48. The Kier molecular flexibility index (Phi) is 2.47. The molecule has 80 valence electrons. The average molecular weight is 203 g/mol. The monoisotopic (exact) mass is 203 g/mol. The molecule has 0 aliphatic carbocycles. The molecule has 2 aromatic heterocycles. The highest BCUT2D eigenvalue weighted by molar-refractivity contribution is 5.74. The van der Waals surface area contributed by atoms with E-state index in [4.69, 9.17) is 0 Å². The molecule has 0 spiro atoms. The van der Waals surface area contributed by atoms with Crippen molar-refractivity contribution in [3.63, 3.8) is 0 Å². The van der Waals surface area contributed by atoms with Gasteiger partial charge in [0.2, 0.25) is 0 Å². The van der Waals surface area contributed by atoms with Gasteiger partial charge in [-0.1, -0.05) is 13.8 Å². The van der Waals surface area contributed by atoms with Crippen LogP contribution in [-0.4, -0.2) is 14.8 Å². The fourth-order valence-electron chi connectivity index (χ4n) is 1.68. The first-order chi connectivity index (χ1) is 7.09. The maximum absolute atomic E-state index is 4.59. The van der Waals surface area contributed by atoms with Crippen molar-refractivity contribution in [3.8, 4) is 0 Å². The Balaban J connectivity index is 2.57. The highest BCUT2D eigenvalue weighted by Crippen LogP contribution is 2.19. The van der Waals surface area contributed by atoms with Gasteiger partial charge in [-0.25, -0.2) is 4.98 Å². The Morgan fingerprint density at radius 2 is 1.87 bits per heavy atom. The van der Waals surface area contributed by atoms with Crippen LogP contribution in [0, 0.1) is 0 Å². The molecule has 2 rings (SSSR count). The zero-order valence-electron chi connectivity index (χ0n) is 9.73. The van der Waals surface area contributed by atoms with Gasteiger partial charge in [-0.3, -0.25) is 4.68 Å². The Morgan fingerprint density at radius 3 is 2.47 bits per heavy atom. The number of aromatic nitrogens is 3. The summed E-state index contributed by atoms with van der Waals surface area (Å²) in [6, 6.07) is 4.59. The van der Waals surface area contributed by atoms with E-state index in [1.54, 1.807) is 0 Å². The summed E-state index contributed by atoms with van der Waals surface area (Å²) in [6.45, 7) is 8.56. The molecule has 0 fully saturated rings. The van der Waals surface area contributed by atoms with Crippen molar-refractivity contribution in [2.45, 2.75) is 39.7 Å². The Labute approximate surface area is 90.1 Å². The molecule has 0 aliphatic rings. The van der Waals surface area contributed by atoms with Crippen LogP contribution in [0.2, 0.25) is 0 Å². The first kappa shape index (κ1) is 10.1. The van der Waals surface area contributed by atoms with Crippen LogP contribution in [0.1, 0.15) is 45.3 Å². The van der Waals surface area contributed by atoms with Crippen molar-refractivity contribution >= 4 is 11.0 Å². The van der Waals surface area contributed by atoms with Crippen LogP contribution in [0.15, 0.2) is 18.3 Å². The summed E-state index contributed by atoms with van der Waals surface area (Å²) in [4.78, 5) is 4.59. The second-order valence-corrected chi connectivity index (χ2v) is 4.48. The van der Waals surface area contributed by atoms with Crippen LogP contribution in [0.3, 0.4) is 0 Å². The number of hydrogen-bond acceptors (Lipinski definition) is 2. The van der Waals surface area contributed by atoms with Gasteiger partial charge in [0.25, 0.3) is 0 Å². The number of hydrogen-bond donors (Lipinski definition) is 0. The average Bonchev–Trinajstić information content (AvgIpc) is 2.59. The van der Waals surface area contributed by atoms with Gasteiger partial charge in [0, 0.05) is 11.7 Å². The van der Waals surface area contributed by atoms with Crippen molar-refractivity contribution in [1.82, 2.24) is 14.8 Å². The topological polar surface area (TPSA) is 30.7 Å². The molecule has 0 aromatic carbocycles. The predicted molar refractivity (Wildman–Crippen MR) is 62.0 cm³/mol. The zero-order chi connectivity index (χ0) is 11.0. The molecule has 0 saturated carbocycles. The highest BCUT2D eigenvalue weighted by Gasteiger charge is 2.08. The van der Waals surface area contributed by atoms with Crippen molar-refractivity contribution in [2.24, 2.45) is 0 Å². The number of rotatable bonds is 2. The van der Waals surface area contributed by atoms with E-state index in [9.17, 15) is 0 Å². The van der Waals surface area contributed by atoms with Gasteiger partial charge in [-0.05, 0) is 31.9 Å². The molecule has 15 heavy (non-hydrogen) atoms. The molecule has 3 heteroatoms. The summed E-state index contributed by atoms with van der Waals surface area (Å²) >= 11 is 0. The van der Waals surface area contributed by atoms with Gasteiger partial charge in [0.05, 0.1) is 11.7 Å². The SMILES string of the molecule is CC(C)c1ccc2c(cnn2C(C)C)n1. The van der Waals surface area contributed by atoms with Crippen LogP contribution in [0.5, 0.6) is 0 Å². The maximum atomic E-state index is 4.59. The van der Waals surface area contributed by atoms with Gasteiger partial charge >= 0.3 is 0 Å². The lowest BCUT2D eigenvalue weighted by atomic mass is 10.1. The smallest absolute Gasteiger partial charge is 0.109 e. The van der Waals surface area contributed by atoms with Crippen molar-refractivity contribution in [1.29, 1.82) is 0 Å². The minimum atomic E-state index is 0.384. The number of nitrogens with zero attached hydrogens (tertiary/aromatic N) is 3. The summed E-state index contributed by atoms with van der Waals surface area (Å²) in [7, 11) is 0. The molecule has 0 unspecified atom stereocenters. The van der Waals surface area contributed by atoms with E-state index in [1.807, 2.05) is 10.9 Å². The van der Waals surface area contributed by atoms with E-state index in [-0.39, 0.29) is 0 Å². The molecule has 2 heterocycles. The number of fused-ring (bicyclic) bond motifs is 1. The molecule has 0 N–H and O–H groups in total. The zero-order valence-corrected chi connectivity index (χ0v) is 9.73. The standard InChI is InChI=1S/C12H17N3/c1-8(2)10-5-6-12-11(14-10)7-13-15(12)9(3)4/h5-9H,1-4H3. The fraction of sp³-hybridized carbons (Fsp3) is 0.500. The van der Waals surface area contributed by atoms with Crippen LogP contribution in [-0.2, 0) is 0 Å². The molecule has 3 nitrogen and oxygen atoms in total. The van der Waals surface area contributed by atoms with Crippen molar-refractivity contribution < 1.29 is 0 Å². The number of pyridine rings is 1. The van der Waals surface area contributed by atoms with Crippen LogP contribution in [0.25, 0.3) is 11.0 Å². The largest absolute Gasteiger partial charge is 0.261 e. The molecular formula is C12H17N3. The lowest BCUT2D eigenvalue weighted by Gasteiger charge is -2.08.